The van der Waals surface area contributed by atoms with Gasteiger partial charge >= 0.3 is 5.97 Å². The van der Waals surface area contributed by atoms with E-state index in [1.165, 1.54) is 18.6 Å². The number of piperidine rings is 1. The Morgan fingerprint density at radius 3 is 2.74 bits per heavy atom. The number of nitrogens with zero attached hydrogens (tertiary/aromatic N) is 2. The van der Waals surface area contributed by atoms with Crippen molar-refractivity contribution in [1.82, 2.24) is 0 Å². The summed E-state index contributed by atoms with van der Waals surface area (Å²) < 4.78 is 0. The molecule has 6 heteroatoms. The minimum atomic E-state index is -1.15. The van der Waals surface area contributed by atoms with E-state index < -0.39 is 10.9 Å². The lowest BCUT2D eigenvalue weighted by Gasteiger charge is -2.36. The first-order valence-corrected chi connectivity index (χ1v) is 7.70. The van der Waals surface area contributed by atoms with E-state index in [0.29, 0.717) is 11.4 Å². The van der Waals surface area contributed by atoms with Crippen molar-refractivity contribution in [2.75, 3.05) is 11.4 Å². The largest absolute Gasteiger partial charge is 0.478 e. The quantitative estimate of drug-likeness (QED) is 0.687. The van der Waals surface area contributed by atoms with Gasteiger partial charge in [0.05, 0.1) is 15.9 Å². The molecular weight excluding hydrogens is 296 g/mol. The van der Waals surface area contributed by atoms with Gasteiger partial charge in [-0.1, -0.05) is 12.1 Å². The topological polar surface area (TPSA) is 83.7 Å². The summed E-state index contributed by atoms with van der Waals surface area (Å²) >= 11 is 0. The van der Waals surface area contributed by atoms with Crippen molar-refractivity contribution >= 4 is 28.1 Å². The van der Waals surface area contributed by atoms with Gasteiger partial charge in [-0.05, 0) is 38.3 Å². The predicted octanol–water partition coefficient (Wildman–Crippen LogP) is 3.83. The molecule has 0 bridgehead atoms. The molecule has 0 saturated carbocycles. The van der Waals surface area contributed by atoms with Crippen molar-refractivity contribution in [3.05, 3.63) is 46.0 Å². The number of hydrogen-bond donors (Lipinski definition) is 1. The van der Waals surface area contributed by atoms with Crippen LogP contribution < -0.4 is 4.90 Å². The second-order valence-electron chi connectivity index (χ2n) is 5.93. The van der Waals surface area contributed by atoms with Crippen LogP contribution in [0.4, 0.5) is 11.4 Å². The van der Waals surface area contributed by atoms with Gasteiger partial charge in [0, 0.05) is 29.7 Å². The maximum atomic E-state index is 11.5. The number of rotatable bonds is 3. The number of benzene rings is 2. The molecule has 0 radical (unpaired) electrons. The zero-order chi connectivity index (χ0) is 16.6. The molecule has 1 saturated heterocycles. The van der Waals surface area contributed by atoms with Crippen LogP contribution in [-0.2, 0) is 0 Å². The minimum Gasteiger partial charge on any atom is -0.478 e. The first-order chi connectivity index (χ1) is 11.0. The Labute approximate surface area is 133 Å². The van der Waals surface area contributed by atoms with Crippen LogP contribution in [0.5, 0.6) is 0 Å². The maximum absolute atomic E-state index is 11.5. The lowest BCUT2D eigenvalue weighted by Crippen LogP contribution is -2.37. The number of nitro benzene ring substituents is 1. The Balaban J connectivity index is 2.29. The van der Waals surface area contributed by atoms with E-state index in [4.69, 9.17) is 0 Å². The van der Waals surface area contributed by atoms with Crippen molar-refractivity contribution in [3.63, 3.8) is 0 Å². The third-order valence-electron chi connectivity index (χ3n) is 4.54. The number of carboxylic acids is 1. The molecule has 1 atom stereocenters. The summed E-state index contributed by atoms with van der Waals surface area (Å²) in [5, 5.41) is 21.6. The fourth-order valence-corrected chi connectivity index (χ4v) is 3.41. The molecule has 0 amide bonds. The average Bonchev–Trinajstić information content (AvgIpc) is 2.53. The van der Waals surface area contributed by atoms with E-state index in [0.717, 1.165) is 25.1 Å². The summed E-state index contributed by atoms with van der Waals surface area (Å²) in [5.74, 6) is -1.15. The smallest absolute Gasteiger partial charge is 0.336 e. The molecule has 120 valence electrons. The molecule has 1 fully saturated rings. The highest BCUT2D eigenvalue weighted by atomic mass is 16.6. The van der Waals surface area contributed by atoms with Crippen LogP contribution in [0.1, 0.15) is 36.5 Å². The lowest BCUT2D eigenvalue weighted by molar-refractivity contribution is -0.383. The Morgan fingerprint density at radius 1 is 1.30 bits per heavy atom. The number of anilines is 1. The Hall–Kier alpha value is -2.63. The fraction of sp³-hybridized carbons (Fsp3) is 0.353. The number of carboxylic acid groups (broad SMARTS) is 1. The number of carbonyl (C=O) groups is 1. The van der Waals surface area contributed by atoms with E-state index in [1.54, 1.807) is 18.2 Å². The predicted molar refractivity (Wildman–Crippen MR) is 88.2 cm³/mol. The number of hydrogen-bond acceptors (Lipinski definition) is 4. The normalized spacial score (nSPS) is 18.1. The monoisotopic (exact) mass is 314 g/mol. The second kappa shape index (κ2) is 5.87. The first-order valence-electron chi connectivity index (χ1n) is 7.70. The molecule has 0 aliphatic carbocycles. The van der Waals surface area contributed by atoms with Gasteiger partial charge in [-0.3, -0.25) is 10.1 Å². The van der Waals surface area contributed by atoms with Gasteiger partial charge in [0.15, 0.2) is 0 Å². The third kappa shape index (κ3) is 2.60. The van der Waals surface area contributed by atoms with Crippen LogP contribution in [0.15, 0.2) is 30.3 Å². The van der Waals surface area contributed by atoms with Crippen LogP contribution in [-0.4, -0.2) is 28.6 Å². The summed E-state index contributed by atoms with van der Waals surface area (Å²) in [6, 6.07) is 8.33. The van der Waals surface area contributed by atoms with Gasteiger partial charge in [-0.15, -0.1) is 0 Å². The molecule has 1 aliphatic heterocycles. The van der Waals surface area contributed by atoms with Crippen molar-refractivity contribution in [2.45, 2.75) is 32.2 Å². The second-order valence-corrected chi connectivity index (χ2v) is 5.93. The molecular formula is C17H18N2O4. The fourth-order valence-electron chi connectivity index (χ4n) is 3.41. The molecule has 23 heavy (non-hydrogen) atoms. The molecule has 2 aromatic rings. The number of nitro groups is 1. The highest BCUT2D eigenvalue weighted by Gasteiger charge is 2.25. The number of non-ortho nitro benzene ring substituents is 1. The van der Waals surface area contributed by atoms with Crippen molar-refractivity contribution < 1.29 is 14.8 Å². The summed E-state index contributed by atoms with van der Waals surface area (Å²) in [7, 11) is 0. The Kier molecular flexibility index (Phi) is 3.90. The van der Waals surface area contributed by atoms with Crippen LogP contribution in [0.3, 0.4) is 0 Å². The van der Waals surface area contributed by atoms with Crippen molar-refractivity contribution in [2.24, 2.45) is 0 Å². The van der Waals surface area contributed by atoms with Gasteiger partial charge in [0.25, 0.3) is 5.69 Å². The number of aromatic carboxylic acids is 1. The maximum Gasteiger partial charge on any atom is 0.336 e. The zero-order valence-electron chi connectivity index (χ0n) is 12.9. The first kappa shape index (κ1) is 15.3. The highest BCUT2D eigenvalue weighted by Crippen LogP contribution is 2.38. The van der Waals surface area contributed by atoms with E-state index >= 15 is 0 Å². The van der Waals surface area contributed by atoms with E-state index in [2.05, 4.69) is 11.8 Å². The summed E-state index contributed by atoms with van der Waals surface area (Å²) in [6.45, 7) is 3.01. The third-order valence-corrected chi connectivity index (χ3v) is 4.54. The Morgan fingerprint density at radius 2 is 2.09 bits per heavy atom. The van der Waals surface area contributed by atoms with Crippen LogP contribution in [0.2, 0.25) is 0 Å². The van der Waals surface area contributed by atoms with Gasteiger partial charge < -0.3 is 10.0 Å². The van der Waals surface area contributed by atoms with E-state index in [1.807, 2.05) is 0 Å². The Bertz CT molecular complexity index is 767. The molecule has 1 heterocycles. The molecule has 0 aromatic heterocycles. The lowest BCUT2D eigenvalue weighted by atomic mass is 9.97. The van der Waals surface area contributed by atoms with Crippen LogP contribution in [0, 0.1) is 10.1 Å². The van der Waals surface area contributed by atoms with Gasteiger partial charge in [0.1, 0.15) is 0 Å². The van der Waals surface area contributed by atoms with Crippen molar-refractivity contribution in [3.8, 4) is 0 Å². The highest BCUT2D eigenvalue weighted by molar-refractivity contribution is 6.11. The molecule has 1 aliphatic rings. The molecule has 6 nitrogen and oxygen atoms in total. The minimum absolute atomic E-state index is 0.0271. The molecule has 1 N–H and O–H groups in total. The molecule has 0 unspecified atom stereocenters. The van der Waals surface area contributed by atoms with E-state index in [-0.39, 0.29) is 16.6 Å². The van der Waals surface area contributed by atoms with Crippen LogP contribution >= 0.6 is 0 Å². The van der Waals surface area contributed by atoms with Gasteiger partial charge in [0.2, 0.25) is 0 Å². The van der Waals surface area contributed by atoms with Crippen LogP contribution in [0.25, 0.3) is 10.8 Å². The zero-order valence-corrected chi connectivity index (χ0v) is 12.9. The molecule has 0 spiro atoms. The standard InChI is InChI=1S/C17H18N2O4/c1-11-5-2-3-10-18(11)14-8-9-15(19(22)23)16-12(14)6-4-7-13(16)17(20)21/h4,6-9,11H,2-3,5,10H2,1H3,(H,20,21)/t11-/m1/s1. The number of fused-ring (bicyclic) bond motifs is 1. The van der Waals surface area contributed by atoms with Gasteiger partial charge in [-0.2, -0.15) is 0 Å². The molecule has 3 rings (SSSR count). The van der Waals surface area contributed by atoms with Gasteiger partial charge in [-0.25, -0.2) is 4.79 Å². The average molecular weight is 314 g/mol. The molecule has 2 aromatic carbocycles. The summed E-state index contributed by atoms with van der Waals surface area (Å²) in [4.78, 5) is 24.6. The summed E-state index contributed by atoms with van der Waals surface area (Å²) in [6.07, 6.45) is 3.31. The SMILES string of the molecule is C[C@@H]1CCCCN1c1ccc([N+](=O)[O-])c2c(C(=O)O)cccc12. The van der Waals surface area contributed by atoms with E-state index in [9.17, 15) is 20.0 Å². The van der Waals surface area contributed by atoms with Crippen molar-refractivity contribution in [1.29, 1.82) is 0 Å². The summed E-state index contributed by atoms with van der Waals surface area (Å²) in [5.41, 5.74) is 0.688.